The van der Waals surface area contributed by atoms with Crippen LogP contribution in [-0.4, -0.2) is 78.2 Å². The number of hydrogen-bond donors (Lipinski definition) is 3. The van der Waals surface area contributed by atoms with Crippen LogP contribution in [0.5, 0.6) is 5.75 Å². The summed E-state index contributed by atoms with van der Waals surface area (Å²) in [6, 6.07) is 15.0. The molecular formula is C40H60N4O7. The molecule has 11 nitrogen and oxygen atoms in total. The van der Waals surface area contributed by atoms with Crippen LogP contribution in [0.4, 0.5) is 4.79 Å². The van der Waals surface area contributed by atoms with Crippen molar-refractivity contribution in [3.8, 4) is 5.75 Å². The minimum Gasteiger partial charge on any atom is -0.489 e. The van der Waals surface area contributed by atoms with Crippen molar-refractivity contribution in [1.29, 1.82) is 0 Å². The number of carbonyl (C=O) groups is 4. The number of nitrogens with one attached hydrogen (secondary N) is 3. The van der Waals surface area contributed by atoms with Gasteiger partial charge in [-0.15, -0.1) is 0 Å². The van der Waals surface area contributed by atoms with E-state index in [9.17, 15) is 19.2 Å². The fraction of sp³-hybridized carbons (Fsp3) is 0.600. The monoisotopic (exact) mass is 708 g/mol. The van der Waals surface area contributed by atoms with Crippen molar-refractivity contribution in [1.82, 2.24) is 20.9 Å². The lowest BCUT2D eigenvalue weighted by Gasteiger charge is -2.30. The summed E-state index contributed by atoms with van der Waals surface area (Å²) >= 11 is 0. The number of likely N-dealkylation sites (N-methyl/N-ethyl adjacent to an activating group) is 1. The van der Waals surface area contributed by atoms with E-state index < -0.39 is 41.7 Å². The van der Waals surface area contributed by atoms with Crippen molar-refractivity contribution >= 4 is 23.9 Å². The Balaban J connectivity index is 1.54. The maximum atomic E-state index is 13.8. The van der Waals surface area contributed by atoms with Gasteiger partial charge in [-0.2, -0.15) is 0 Å². The molecule has 1 aliphatic carbocycles. The van der Waals surface area contributed by atoms with Crippen LogP contribution in [-0.2, 0) is 36.9 Å². The molecule has 0 saturated heterocycles. The normalized spacial score (nSPS) is 15.9. The zero-order chi connectivity index (χ0) is 37.7. The number of alkyl carbamates (subject to hydrolysis) is 1. The van der Waals surface area contributed by atoms with Gasteiger partial charge in [0, 0.05) is 19.6 Å². The highest BCUT2D eigenvalue weighted by atomic mass is 16.6. The zero-order valence-corrected chi connectivity index (χ0v) is 32.0. The third kappa shape index (κ3) is 14.6. The van der Waals surface area contributed by atoms with Crippen LogP contribution in [0.3, 0.4) is 0 Å². The Morgan fingerprint density at radius 1 is 0.902 bits per heavy atom. The number of aryl methyl sites for hydroxylation is 1. The summed E-state index contributed by atoms with van der Waals surface area (Å²) in [5.74, 6) is -0.0137. The Kier molecular flexibility index (Phi) is 15.8. The third-order valence-electron chi connectivity index (χ3n) is 8.74. The fourth-order valence-electron chi connectivity index (χ4n) is 5.61. The van der Waals surface area contributed by atoms with Crippen molar-refractivity contribution in [2.24, 2.45) is 11.8 Å². The van der Waals surface area contributed by atoms with Crippen LogP contribution >= 0.6 is 0 Å². The molecule has 0 aliphatic heterocycles. The fourth-order valence-corrected chi connectivity index (χ4v) is 5.61. The lowest BCUT2D eigenvalue weighted by Crippen LogP contribution is -2.56. The maximum Gasteiger partial charge on any atom is 0.407 e. The minimum absolute atomic E-state index is 0.0895. The Labute approximate surface area is 304 Å². The summed E-state index contributed by atoms with van der Waals surface area (Å²) in [6.45, 7) is 15.6. The predicted molar refractivity (Wildman–Crippen MR) is 198 cm³/mol. The average molecular weight is 709 g/mol. The molecule has 2 aromatic rings. The zero-order valence-electron chi connectivity index (χ0n) is 32.0. The first-order chi connectivity index (χ1) is 24.0. The second-order valence-corrected chi connectivity index (χ2v) is 15.3. The first-order valence-corrected chi connectivity index (χ1v) is 18.3. The first kappa shape index (κ1) is 41.3. The Bertz CT molecular complexity index is 1420. The van der Waals surface area contributed by atoms with Gasteiger partial charge in [0.25, 0.3) is 0 Å². The lowest BCUT2D eigenvalue weighted by molar-refractivity contribution is -0.150. The van der Waals surface area contributed by atoms with E-state index in [0.29, 0.717) is 25.8 Å². The summed E-state index contributed by atoms with van der Waals surface area (Å²) in [4.78, 5) is 53.8. The number of ether oxygens (including phenoxy) is 3. The molecule has 0 aromatic heterocycles. The molecular weight excluding hydrogens is 648 g/mol. The Morgan fingerprint density at radius 2 is 1.55 bits per heavy atom. The predicted octanol–water partition coefficient (Wildman–Crippen LogP) is 5.79. The molecule has 2 aromatic carbocycles. The van der Waals surface area contributed by atoms with Crippen molar-refractivity contribution < 1.29 is 33.4 Å². The van der Waals surface area contributed by atoms with E-state index in [2.05, 4.69) is 16.0 Å². The molecule has 11 heteroatoms. The number of esters is 1. The molecule has 51 heavy (non-hydrogen) atoms. The average Bonchev–Trinajstić information content (AvgIpc) is 3.90. The van der Waals surface area contributed by atoms with Gasteiger partial charge >= 0.3 is 12.1 Å². The molecule has 3 N–H and O–H groups in total. The van der Waals surface area contributed by atoms with Gasteiger partial charge in [0.15, 0.2) is 0 Å². The maximum absolute atomic E-state index is 13.8. The second-order valence-electron chi connectivity index (χ2n) is 15.3. The highest BCUT2D eigenvalue weighted by molar-refractivity contribution is 5.92. The van der Waals surface area contributed by atoms with E-state index in [0.717, 1.165) is 29.7 Å². The molecule has 3 rings (SSSR count). The van der Waals surface area contributed by atoms with Gasteiger partial charge in [-0.25, -0.2) is 9.59 Å². The van der Waals surface area contributed by atoms with Crippen molar-refractivity contribution in [2.75, 3.05) is 13.6 Å². The molecule has 3 amide bonds. The number of carbonyl (C=O) groups excluding carboxylic acids is 4. The number of nitrogens with zero attached hydrogens (tertiary/aromatic N) is 1. The number of hydrogen-bond acceptors (Lipinski definition) is 8. The van der Waals surface area contributed by atoms with Crippen molar-refractivity contribution in [3.63, 3.8) is 0 Å². The number of benzene rings is 2. The summed E-state index contributed by atoms with van der Waals surface area (Å²) in [5.41, 5.74) is 1.33. The van der Waals surface area contributed by atoms with Crippen LogP contribution < -0.4 is 20.7 Å². The van der Waals surface area contributed by atoms with Gasteiger partial charge in [-0.1, -0.05) is 62.4 Å². The lowest BCUT2D eigenvalue weighted by atomic mass is 10.0. The minimum atomic E-state index is -0.824. The summed E-state index contributed by atoms with van der Waals surface area (Å²) < 4.78 is 17.2. The van der Waals surface area contributed by atoms with Crippen molar-refractivity contribution in [2.45, 2.75) is 130 Å². The summed E-state index contributed by atoms with van der Waals surface area (Å²) in [7, 11) is 1.63. The summed E-state index contributed by atoms with van der Waals surface area (Å²) in [6.07, 6.45) is 2.99. The quantitative estimate of drug-likeness (QED) is 0.156. The molecule has 1 aliphatic rings. The van der Waals surface area contributed by atoms with E-state index in [1.165, 1.54) is 4.90 Å². The Hall–Kier alpha value is -4.12. The summed E-state index contributed by atoms with van der Waals surface area (Å²) in [5, 5.41) is 9.16. The topological polar surface area (TPSA) is 135 Å². The van der Waals surface area contributed by atoms with Gasteiger partial charge in [0.1, 0.15) is 36.1 Å². The molecule has 0 heterocycles. The number of amides is 3. The number of para-hydroxylation sites is 1. The standard InChI is InChI=1S/C40H60N4O7/c1-26(2)23-33(38(47)49-25-30-15-11-10-12-16-30)43-36(45)29(5)44(9)37(46)35(32-21-22-32)41-24-28(4)50-34-18-14-13-17-31(34)20-19-27(3)42-39(48)51-40(6,7)8/h10-18,26-29,32-33,35,41H,19-25H2,1-9H3,(H,42,48)(H,43,45)/t27-,28-,29-,33-,35+/m1/s1. The van der Waals surface area contributed by atoms with Crippen LogP contribution in [0.25, 0.3) is 0 Å². The third-order valence-corrected chi connectivity index (χ3v) is 8.74. The molecule has 1 saturated carbocycles. The number of rotatable bonds is 19. The second kappa shape index (κ2) is 19.5. The highest BCUT2D eigenvalue weighted by Crippen LogP contribution is 2.34. The molecule has 282 valence electrons. The van der Waals surface area contributed by atoms with E-state index in [-0.39, 0.29) is 36.5 Å². The van der Waals surface area contributed by atoms with Gasteiger partial charge in [0.05, 0.1) is 6.04 Å². The van der Waals surface area contributed by atoms with Gasteiger partial charge < -0.3 is 35.1 Å². The van der Waals surface area contributed by atoms with Gasteiger partial charge in [-0.3, -0.25) is 9.59 Å². The molecule has 0 unspecified atom stereocenters. The van der Waals surface area contributed by atoms with Gasteiger partial charge in [-0.05, 0) is 103 Å². The largest absolute Gasteiger partial charge is 0.489 e. The SMILES string of the molecule is CC(C)C[C@@H](NC(=O)[C@@H](C)N(C)C(=O)[C@@H](NC[C@@H](C)Oc1ccccc1CC[C@@H](C)NC(=O)OC(C)(C)C)C1CC1)C(=O)OCc1ccccc1. The van der Waals surface area contributed by atoms with Crippen LogP contribution in [0.1, 0.15) is 92.2 Å². The molecule has 1 fully saturated rings. The van der Waals surface area contributed by atoms with E-state index in [1.54, 1.807) is 14.0 Å². The molecule has 5 atom stereocenters. The van der Waals surface area contributed by atoms with E-state index in [1.807, 2.05) is 103 Å². The Morgan fingerprint density at radius 3 is 2.18 bits per heavy atom. The highest BCUT2D eigenvalue weighted by Gasteiger charge is 2.40. The van der Waals surface area contributed by atoms with E-state index >= 15 is 0 Å². The smallest absolute Gasteiger partial charge is 0.407 e. The molecule has 0 spiro atoms. The van der Waals surface area contributed by atoms with Crippen LogP contribution in [0.15, 0.2) is 54.6 Å². The van der Waals surface area contributed by atoms with Gasteiger partial charge in [0.2, 0.25) is 11.8 Å². The molecule has 0 bridgehead atoms. The molecule has 0 radical (unpaired) electrons. The van der Waals surface area contributed by atoms with Crippen LogP contribution in [0.2, 0.25) is 0 Å². The first-order valence-electron chi connectivity index (χ1n) is 18.3. The van der Waals surface area contributed by atoms with E-state index in [4.69, 9.17) is 14.2 Å². The van der Waals surface area contributed by atoms with Crippen LogP contribution in [0, 0.1) is 11.8 Å². The van der Waals surface area contributed by atoms with Crippen molar-refractivity contribution in [3.05, 3.63) is 65.7 Å².